The highest BCUT2D eigenvalue weighted by atomic mass is 32.1. The molecule has 0 saturated carbocycles. The third kappa shape index (κ3) is 5.85. The van der Waals surface area contributed by atoms with E-state index in [-0.39, 0.29) is 0 Å². The van der Waals surface area contributed by atoms with Gasteiger partial charge in [0.15, 0.2) is 17.5 Å². The molecular weight excluding hydrogens is 585 g/mol. The second-order valence-electron chi connectivity index (χ2n) is 12.6. The van der Waals surface area contributed by atoms with Crippen molar-refractivity contribution in [3.05, 3.63) is 121 Å². The van der Waals surface area contributed by atoms with E-state index in [9.17, 15) is 5.11 Å². The zero-order valence-corrected chi connectivity index (χ0v) is 27.2. The molecule has 0 aliphatic rings. The molecule has 0 aliphatic heterocycles. The zero-order valence-electron chi connectivity index (χ0n) is 26.4. The van der Waals surface area contributed by atoms with E-state index >= 15 is 0 Å². The van der Waals surface area contributed by atoms with Crippen LogP contribution in [0.4, 0.5) is 0 Å². The van der Waals surface area contributed by atoms with E-state index < -0.39 is 11.2 Å². The van der Waals surface area contributed by atoms with Crippen molar-refractivity contribution in [3.63, 3.8) is 0 Å². The minimum absolute atomic E-state index is 0.328. The number of rotatable bonds is 8. The Kier molecular flexibility index (Phi) is 7.77. The van der Waals surface area contributed by atoms with Gasteiger partial charge in [0, 0.05) is 36.9 Å². The summed E-state index contributed by atoms with van der Waals surface area (Å²) in [5.41, 5.74) is 4.28. The quantitative estimate of drug-likeness (QED) is 0.173. The topological polar surface area (TPSA) is 68.1 Å². The Morgan fingerprint density at radius 2 is 1.11 bits per heavy atom. The first-order valence-electron chi connectivity index (χ1n) is 15.4. The number of hydrogen-bond donors (Lipinski definition) is 1. The SMILES string of the molecule is CC(C)(O)C(C)(C)OBc1cc(-c2nc(-c3ccccc3)nc(-c3ccc(-c4ccccc4)cc3)n2)c2sc3ccccc3c2c1. The zero-order chi connectivity index (χ0) is 31.9. The van der Waals surface area contributed by atoms with Gasteiger partial charge in [-0.1, -0.05) is 121 Å². The van der Waals surface area contributed by atoms with Crippen LogP contribution in [0, 0.1) is 0 Å². The van der Waals surface area contributed by atoms with Crippen molar-refractivity contribution in [3.8, 4) is 45.3 Å². The fraction of sp³-hybridized carbons (Fsp3) is 0.154. The second-order valence-corrected chi connectivity index (χ2v) is 13.6. The monoisotopic (exact) mass is 619 g/mol. The first-order chi connectivity index (χ1) is 22.2. The first-order valence-corrected chi connectivity index (χ1v) is 16.3. The summed E-state index contributed by atoms with van der Waals surface area (Å²) in [6, 6.07) is 41.6. The molecule has 0 spiro atoms. The van der Waals surface area contributed by atoms with Gasteiger partial charge in [-0.2, -0.15) is 0 Å². The van der Waals surface area contributed by atoms with Crippen molar-refractivity contribution in [2.75, 3.05) is 0 Å². The van der Waals surface area contributed by atoms with Gasteiger partial charge in [-0.15, -0.1) is 11.3 Å². The number of fused-ring (bicyclic) bond motifs is 3. The van der Waals surface area contributed by atoms with Crippen molar-refractivity contribution in [2.45, 2.75) is 38.9 Å². The van der Waals surface area contributed by atoms with Crippen molar-refractivity contribution in [2.24, 2.45) is 0 Å². The van der Waals surface area contributed by atoms with Gasteiger partial charge in [0.1, 0.15) is 0 Å². The van der Waals surface area contributed by atoms with Crippen LogP contribution in [-0.4, -0.2) is 38.7 Å². The molecule has 0 radical (unpaired) electrons. The Bertz CT molecular complexity index is 2160. The summed E-state index contributed by atoms with van der Waals surface area (Å²) in [5.74, 6) is 1.84. The molecule has 5 nitrogen and oxygen atoms in total. The number of benzene rings is 5. The molecule has 0 atom stereocenters. The van der Waals surface area contributed by atoms with E-state index in [1.165, 1.54) is 10.1 Å². The molecule has 0 saturated heterocycles. The molecule has 2 aromatic heterocycles. The summed E-state index contributed by atoms with van der Waals surface area (Å²) in [6.45, 7) is 7.38. The minimum Gasteiger partial charge on any atom is -0.427 e. The molecule has 2 heterocycles. The van der Waals surface area contributed by atoms with Gasteiger partial charge in [0.25, 0.3) is 0 Å². The fourth-order valence-electron chi connectivity index (χ4n) is 5.36. The third-order valence-corrected chi connectivity index (χ3v) is 9.99. The maximum atomic E-state index is 10.7. The first kappa shape index (κ1) is 30.0. The van der Waals surface area contributed by atoms with Crippen LogP contribution in [0.3, 0.4) is 0 Å². The Labute approximate surface area is 273 Å². The fourth-order valence-corrected chi connectivity index (χ4v) is 6.55. The molecule has 7 aromatic rings. The molecule has 0 bridgehead atoms. The van der Waals surface area contributed by atoms with Crippen LogP contribution in [0.5, 0.6) is 0 Å². The standard InChI is InChI=1S/C39H34BN3O2S/c1-38(2,44)39(3,4)45-40-29-23-31-30-17-11-12-18-33(30)46-34(31)32(24-29)37-42-35(27-15-9-6-10-16-27)41-36(43-37)28-21-19-26(20-22-28)25-13-7-5-8-14-25/h5-24,40,44H,1-4H3. The van der Waals surface area contributed by atoms with Crippen molar-refractivity contribution in [1.82, 2.24) is 15.0 Å². The average molecular weight is 620 g/mol. The Hall–Kier alpha value is -4.69. The van der Waals surface area contributed by atoms with Gasteiger partial charge in [0.2, 0.25) is 0 Å². The molecule has 226 valence electrons. The van der Waals surface area contributed by atoms with Gasteiger partial charge in [-0.3, -0.25) is 0 Å². The van der Waals surface area contributed by atoms with E-state index in [0.29, 0.717) is 25.0 Å². The predicted molar refractivity (Wildman–Crippen MR) is 193 cm³/mol. The molecule has 7 heteroatoms. The van der Waals surface area contributed by atoms with Gasteiger partial charge in [-0.25, -0.2) is 15.0 Å². The third-order valence-electron chi connectivity index (χ3n) is 8.77. The van der Waals surface area contributed by atoms with Crippen molar-refractivity contribution in [1.29, 1.82) is 0 Å². The number of thiophene rings is 1. The highest BCUT2D eigenvalue weighted by Gasteiger charge is 2.35. The molecule has 0 unspecified atom stereocenters. The summed E-state index contributed by atoms with van der Waals surface area (Å²) in [7, 11) is 0.328. The van der Waals surface area contributed by atoms with Crippen LogP contribution < -0.4 is 5.46 Å². The minimum atomic E-state index is -1.02. The summed E-state index contributed by atoms with van der Waals surface area (Å²) in [5, 5.41) is 13.1. The molecular formula is C39H34BN3O2S. The molecule has 5 aromatic carbocycles. The van der Waals surface area contributed by atoms with Gasteiger partial charge < -0.3 is 9.76 Å². The van der Waals surface area contributed by atoms with Crippen molar-refractivity contribution < 1.29 is 9.76 Å². The number of aromatic nitrogens is 3. The van der Waals surface area contributed by atoms with Crippen LogP contribution >= 0.6 is 11.3 Å². The van der Waals surface area contributed by atoms with Gasteiger partial charge in [0.05, 0.1) is 11.2 Å². The molecule has 0 fully saturated rings. The van der Waals surface area contributed by atoms with E-state index in [1.54, 1.807) is 25.2 Å². The molecule has 1 N–H and O–H groups in total. The van der Waals surface area contributed by atoms with Crippen molar-refractivity contribution >= 4 is 44.5 Å². The Morgan fingerprint density at radius 1 is 0.587 bits per heavy atom. The van der Waals surface area contributed by atoms with Gasteiger partial charge >= 0.3 is 7.48 Å². The van der Waals surface area contributed by atoms with Crippen LogP contribution in [0.1, 0.15) is 27.7 Å². The molecule has 0 amide bonds. The maximum absolute atomic E-state index is 10.7. The maximum Gasteiger partial charge on any atom is 0.309 e. The Morgan fingerprint density at radius 3 is 1.76 bits per heavy atom. The summed E-state index contributed by atoms with van der Waals surface area (Å²) < 4.78 is 8.65. The molecule has 46 heavy (non-hydrogen) atoms. The largest absolute Gasteiger partial charge is 0.427 e. The Balaban J connectivity index is 1.40. The number of aliphatic hydroxyl groups is 1. The average Bonchev–Trinajstić information content (AvgIpc) is 3.46. The highest BCUT2D eigenvalue weighted by Crippen LogP contribution is 2.39. The normalized spacial score (nSPS) is 12.1. The number of hydrogen-bond acceptors (Lipinski definition) is 6. The lowest BCUT2D eigenvalue weighted by molar-refractivity contribution is -0.0893. The summed E-state index contributed by atoms with van der Waals surface area (Å²) in [4.78, 5) is 15.2. The lowest BCUT2D eigenvalue weighted by Crippen LogP contribution is -2.49. The van der Waals surface area contributed by atoms with Crippen LogP contribution in [0.15, 0.2) is 121 Å². The van der Waals surface area contributed by atoms with E-state index in [0.717, 1.165) is 43.4 Å². The smallest absolute Gasteiger partial charge is 0.309 e. The highest BCUT2D eigenvalue weighted by molar-refractivity contribution is 7.26. The van der Waals surface area contributed by atoms with E-state index in [2.05, 4.69) is 72.8 Å². The number of nitrogens with zero attached hydrogens (tertiary/aromatic N) is 3. The van der Waals surface area contributed by atoms with E-state index in [4.69, 9.17) is 19.6 Å². The lowest BCUT2D eigenvalue weighted by atomic mass is 9.81. The van der Waals surface area contributed by atoms with Crippen LogP contribution in [-0.2, 0) is 4.65 Å². The van der Waals surface area contributed by atoms with Crippen LogP contribution in [0.2, 0.25) is 0 Å². The predicted octanol–water partition coefficient (Wildman–Crippen LogP) is 8.45. The molecule has 0 aliphatic carbocycles. The molecule has 7 rings (SSSR count). The second kappa shape index (κ2) is 11.9. The van der Waals surface area contributed by atoms with E-state index in [1.807, 2.05) is 62.4 Å². The summed E-state index contributed by atoms with van der Waals surface area (Å²) >= 11 is 1.74. The van der Waals surface area contributed by atoms with Crippen LogP contribution in [0.25, 0.3) is 65.5 Å². The van der Waals surface area contributed by atoms with Gasteiger partial charge in [-0.05, 0) is 44.9 Å². The summed E-state index contributed by atoms with van der Waals surface area (Å²) in [6.07, 6.45) is 0. The lowest BCUT2D eigenvalue weighted by Gasteiger charge is -2.37.